The predicted molar refractivity (Wildman–Crippen MR) is 76.7 cm³/mol. The van der Waals surface area contributed by atoms with Gasteiger partial charge in [-0.3, -0.25) is 0 Å². The second kappa shape index (κ2) is 7.22. The summed E-state index contributed by atoms with van der Waals surface area (Å²) in [5.41, 5.74) is -0.430. The van der Waals surface area contributed by atoms with Crippen molar-refractivity contribution in [3.8, 4) is 0 Å². The normalized spacial score (nSPS) is 18.8. The largest absolute Gasteiger partial charge is 0.367 e. The SMILES string of the molecule is CN(C)CCNC1CCN(OC(=O)C(C)(C)C)CC1. The summed E-state index contributed by atoms with van der Waals surface area (Å²) in [6.45, 7) is 9.35. The number of likely N-dealkylation sites (N-methyl/N-ethyl adjacent to an activating group) is 1. The number of hydrogen-bond donors (Lipinski definition) is 1. The molecule has 1 aliphatic rings. The van der Waals surface area contributed by atoms with Crippen LogP contribution in [0.15, 0.2) is 0 Å². The molecule has 0 amide bonds. The Hall–Kier alpha value is -0.650. The Bertz CT molecular complexity index is 279. The number of nitrogens with zero attached hydrogens (tertiary/aromatic N) is 2. The van der Waals surface area contributed by atoms with Gasteiger partial charge in [-0.15, -0.1) is 5.06 Å². The van der Waals surface area contributed by atoms with Crippen molar-refractivity contribution in [2.24, 2.45) is 5.41 Å². The van der Waals surface area contributed by atoms with Gasteiger partial charge in [-0.25, -0.2) is 4.79 Å². The molecule has 5 nitrogen and oxygen atoms in total. The molecule has 5 heteroatoms. The van der Waals surface area contributed by atoms with E-state index in [0.717, 1.165) is 39.0 Å². The zero-order chi connectivity index (χ0) is 14.5. The second-order valence-electron chi connectivity index (χ2n) is 6.59. The fourth-order valence-electron chi connectivity index (χ4n) is 1.90. The molecule has 0 aromatic carbocycles. The molecule has 0 aromatic rings. The highest BCUT2D eigenvalue weighted by Crippen LogP contribution is 2.18. The molecule has 1 saturated heterocycles. The van der Waals surface area contributed by atoms with E-state index in [1.807, 2.05) is 20.8 Å². The fraction of sp³-hybridized carbons (Fsp3) is 0.929. The van der Waals surface area contributed by atoms with Crippen LogP contribution in [-0.4, -0.2) is 62.2 Å². The van der Waals surface area contributed by atoms with Gasteiger partial charge < -0.3 is 15.1 Å². The average Bonchev–Trinajstić information content (AvgIpc) is 2.29. The number of carbonyl (C=O) groups is 1. The lowest BCUT2D eigenvalue weighted by atomic mass is 9.98. The Balaban J connectivity index is 2.20. The molecule has 0 atom stereocenters. The average molecular weight is 271 g/mol. The van der Waals surface area contributed by atoms with Crippen LogP contribution in [0.1, 0.15) is 33.6 Å². The van der Waals surface area contributed by atoms with Crippen molar-refractivity contribution in [2.45, 2.75) is 39.7 Å². The summed E-state index contributed by atoms with van der Waals surface area (Å²) < 4.78 is 0. The molecule has 0 saturated carbocycles. The van der Waals surface area contributed by atoms with Crippen LogP contribution < -0.4 is 5.32 Å². The molecule has 0 aromatic heterocycles. The molecule has 0 radical (unpaired) electrons. The van der Waals surface area contributed by atoms with Crippen molar-refractivity contribution in [3.63, 3.8) is 0 Å². The van der Waals surface area contributed by atoms with Gasteiger partial charge in [0.05, 0.1) is 5.41 Å². The van der Waals surface area contributed by atoms with Crippen molar-refractivity contribution >= 4 is 5.97 Å². The van der Waals surface area contributed by atoms with Crippen molar-refractivity contribution < 1.29 is 9.63 Å². The minimum absolute atomic E-state index is 0.147. The number of piperidine rings is 1. The fourth-order valence-corrected chi connectivity index (χ4v) is 1.90. The third kappa shape index (κ3) is 6.36. The molecular weight excluding hydrogens is 242 g/mol. The van der Waals surface area contributed by atoms with E-state index >= 15 is 0 Å². The Morgan fingerprint density at radius 1 is 1.32 bits per heavy atom. The van der Waals surface area contributed by atoms with Gasteiger partial charge in [0, 0.05) is 32.2 Å². The van der Waals surface area contributed by atoms with Crippen LogP contribution in [0.3, 0.4) is 0 Å². The molecule has 1 N–H and O–H groups in total. The van der Waals surface area contributed by atoms with Gasteiger partial charge in [-0.1, -0.05) is 0 Å². The maximum absolute atomic E-state index is 11.8. The molecule has 1 fully saturated rings. The van der Waals surface area contributed by atoms with Gasteiger partial charge in [-0.2, -0.15) is 0 Å². The number of rotatable bonds is 5. The van der Waals surface area contributed by atoms with Gasteiger partial charge in [0.1, 0.15) is 0 Å². The van der Waals surface area contributed by atoms with Crippen LogP contribution in [-0.2, 0) is 9.63 Å². The lowest BCUT2D eigenvalue weighted by Gasteiger charge is -2.32. The first-order valence-corrected chi connectivity index (χ1v) is 7.14. The number of hydrogen-bond acceptors (Lipinski definition) is 5. The van der Waals surface area contributed by atoms with E-state index in [4.69, 9.17) is 4.84 Å². The standard InChI is InChI=1S/C14H29N3O2/c1-14(2,3)13(18)19-17-9-6-12(7-10-17)15-8-11-16(4)5/h12,15H,6-11H2,1-5H3. The molecule has 0 aliphatic carbocycles. The van der Waals surface area contributed by atoms with Crippen molar-refractivity contribution in [3.05, 3.63) is 0 Å². The molecule has 1 aliphatic heterocycles. The Kier molecular flexibility index (Phi) is 6.23. The summed E-state index contributed by atoms with van der Waals surface area (Å²) in [4.78, 5) is 19.4. The molecule has 19 heavy (non-hydrogen) atoms. The number of carbonyl (C=O) groups excluding carboxylic acids is 1. The van der Waals surface area contributed by atoms with Crippen LogP contribution in [0.25, 0.3) is 0 Å². The van der Waals surface area contributed by atoms with E-state index in [2.05, 4.69) is 24.3 Å². The molecule has 0 bridgehead atoms. The van der Waals surface area contributed by atoms with Crippen molar-refractivity contribution in [1.82, 2.24) is 15.3 Å². The zero-order valence-corrected chi connectivity index (χ0v) is 13.0. The lowest BCUT2D eigenvalue weighted by Crippen LogP contribution is -2.45. The van der Waals surface area contributed by atoms with E-state index < -0.39 is 5.41 Å². The van der Waals surface area contributed by atoms with E-state index in [0.29, 0.717) is 6.04 Å². The monoisotopic (exact) mass is 271 g/mol. The van der Waals surface area contributed by atoms with Crippen LogP contribution in [0.2, 0.25) is 0 Å². The molecular formula is C14H29N3O2. The second-order valence-corrected chi connectivity index (χ2v) is 6.59. The highest BCUT2D eigenvalue weighted by Gasteiger charge is 2.28. The highest BCUT2D eigenvalue weighted by molar-refractivity contribution is 5.75. The molecule has 0 spiro atoms. The summed E-state index contributed by atoms with van der Waals surface area (Å²) in [5.74, 6) is -0.147. The summed E-state index contributed by atoms with van der Waals surface area (Å²) in [7, 11) is 4.16. The smallest absolute Gasteiger partial charge is 0.330 e. The zero-order valence-electron chi connectivity index (χ0n) is 13.0. The summed E-state index contributed by atoms with van der Waals surface area (Å²) in [6, 6.07) is 0.546. The van der Waals surface area contributed by atoms with Crippen molar-refractivity contribution in [1.29, 1.82) is 0 Å². The maximum atomic E-state index is 11.8. The number of hydroxylamine groups is 2. The predicted octanol–water partition coefficient (Wildman–Crippen LogP) is 1.11. The van der Waals surface area contributed by atoms with E-state index in [1.54, 1.807) is 5.06 Å². The topological polar surface area (TPSA) is 44.8 Å². The quantitative estimate of drug-likeness (QED) is 0.811. The van der Waals surface area contributed by atoms with E-state index in [-0.39, 0.29) is 5.97 Å². The maximum Gasteiger partial charge on any atom is 0.330 e. The summed E-state index contributed by atoms with van der Waals surface area (Å²) >= 11 is 0. The third-order valence-corrected chi connectivity index (χ3v) is 3.27. The van der Waals surface area contributed by atoms with Crippen LogP contribution >= 0.6 is 0 Å². The van der Waals surface area contributed by atoms with Gasteiger partial charge in [0.25, 0.3) is 0 Å². The summed E-state index contributed by atoms with van der Waals surface area (Å²) in [6.07, 6.45) is 2.07. The molecule has 112 valence electrons. The molecule has 0 unspecified atom stereocenters. The van der Waals surface area contributed by atoms with Crippen LogP contribution in [0.4, 0.5) is 0 Å². The lowest BCUT2D eigenvalue weighted by molar-refractivity contribution is -0.204. The number of nitrogens with one attached hydrogen (secondary N) is 1. The van der Waals surface area contributed by atoms with Crippen molar-refractivity contribution in [2.75, 3.05) is 40.3 Å². The first kappa shape index (κ1) is 16.4. The molecule has 1 rings (SSSR count). The minimum Gasteiger partial charge on any atom is -0.367 e. The van der Waals surface area contributed by atoms with E-state index in [9.17, 15) is 4.79 Å². The Morgan fingerprint density at radius 3 is 2.37 bits per heavy atom. The van der Waals surface area contributed by atoms with Gasteiger partial charge in [0.15, 0.2) is 0 Å². The van der Waals surface area contributed by atoms with Crippen LogP contribution in [0.5, 0.6) is 0 Å². The first-order valence-electron chi connectivity index (χ1n) is 7.14. The highest BCUT2D eigenvalue weighted by atomic mass is 16.7. The Labute approximate surface area is 117 Å². The third-order valence-electron chi connectivity index (χ3n) is 3.27. The first-order chi connectivity index (χ1) is 8.79. The van der Waals surface area contributed by atoms with Crippen LogP contribution in [0, 0.1) is 5.41 Å². The van der Waals surface area contributed by atoms with E-state index in [1.165, 1.54) is 0 Å². The minimum atomic E-state index is -0.430. The van der Waals surface area contributed by atoms with Gasteiger partial charge in [-0.05, 0) is 47.7 Å². The summed E-state index contributed by atoms with van der Waals surface area (Å²) in [5, 5.41) is 5.35. The molecule has 1 heterocycles. The van der Waals surface area contributed by atoms with Gasteiger partial charge >= 0.3 is 5.97 Å². The Morgan fingerprint density at radius 2 is 1.89 bits per heavy atom. The van der Waals surface area contributed by atoms with Gasteiger partial charge in [0.2, 0.25) is 0 Å².